The van der Waals surface area contributed by atoms with Crippen molar-refractivity contribution < 1.29 is 0 Å². The summed E-state index contributed by atoms with van der Waals surface area (Å²) in [4.78, 5) is 11.3. The number of thioether (sulfide) groups is 1. The highest BCUT2D eigenvalue weighted by atomic mass is 79.9. The first-order valence-electron chi connectivity index (χ1n) is 5.05. The van der Waals surface area contributed by atoms with Crippen LogP contribution in [0.25, 0.3) is 0 Å². The third-order valence-corrected chi connectivity index (χ3v) is 5.30. The predicted molar refractivity (Wildman–Crippen MR) is 64.7 cm³/mol. The minimum Gasteiger partial charge on any atom is -0.270 e. The van der Waals surface area contributed by atoms with Crippen LogP contribution < -0.4 is 5.69 Å². The van der Waals surface area contributed by atoms with E-state index < -0.39 is 0 Å². The van der Waals surface area contributed by atoms with Gasteiger partial charge in [-0.1, -0.05) is 27.7 Å². The van der Waals surface area contributed by atoms with Gasteiger partial charge in [0.2, 0.25) is 0 Å². The topological polar surface area (TPSA) is 50.7 Å². The van der Waals surface area contributed by atoms with E-state index in [9.17, 15) is 4.79 Å². The molecule has 0 atom stereocenters. The molecule has 4 nitrogen and oxygen atoms in total. The van der Waals surface area contributed by atoms with Gasteiger partial charge in [0, 0.05) is 17.6 Å². The first-order valence-corrected chi connectivity index (χ1v) is 7.15. The highest BCUT2D eigenvalue weighted by Gasteiger charge is 2.41. The zero-order chi connectivity index (χ0) is 10.9. The van der Waals surface area contributed by atoms with Crippen molar-refractivity contribution in [3.05, 3.63) is 10.5 Å². The average molecular weight is 292 g/mol. The maximum atomic E-state index is 11.3. The number of hydrogen-bond donors (Lipinski definition) is 1. The second-order valence-electron chi connectivity index (χ2n) is 3.98. The summed E-state index contributed by atoms with van der Waals surface area (Å²) in [5, 5.41) is 8.38. The van der Waals surface area contributed by atoms with Crippen LogP contribution in [0.1, 0.15) is 19.8 Å². The van der Waals surface area contributed by atoms with Crippen LogP contribution in [0.5, 0.6) is 0 Å². The molecule has 0 saturated heterocycles. The Morgan fingerprint density at radius 1 is 1.67 bits per heavy atom. The van der Waals surface area contributed by atoms with E-state index in [0.717, 1.165) is 16.2 Å². The van der Waals surface area contributed by atoms with Gasteiger partial charge < -0.3 is 0 Å². The third-order valence-electron chi connectivity index (χ3n) is 2.79. The molecule has 1 aromatic heterocycles. The largest absolute Gasteiger partial charge is 0.343 e. The molecule has 1 aliphatic rings. The van der Waals surface area contributed by atoms with Crippen LogP contribution in [0.3, 0.4) is 0 Å². The summed E-state index contributed by atoms with van der Waals surface area (Å²) in [5.74, 6) is 1.04. The smallest absolute Gasteiger partial charge is 0.270 e. The van der Waals surface area contributed by atoms with Gasteiger partial charge in [0.1, 0.15) is 0 Å². The number of aromatic amines is 1. The summed E-state index contributed by atoms with van der Waals surface area (Å²) >= 11 is 5.21. The lowest BCUT2D eigenvalue weighted by Crippen LogP contribution is -2.16. The van der Waals surface area contributed by atoms with Gasteiger partial charge in [-0.3, -0.25) is 4.57 Å². The van der Waals surface area contributed by atoms with Gasteiger partial charge in [0.15, 0.2) is 5.16 Å². The Hall–Kier alpha value is -0.230. The van der Waals surface area contributed by atoms with E-state index in [1.54, 1.807) is 16.3 Å². The van der Waals surface area contributed by atoms with Crippen LogP contribution in [0.4, 0.5) is 0 Å². The normalized spacial score (nSPS) is 18.0. The Bertz CT molecular complexity index is 396. The molecule has 0 amide bonds. The van der Waals surface area contributed by atoms with Crippen molar-refractivity contribution in [1.82, 2.24) is 14.8 Å². The monoisotopic (exact) mass is 291 g/mol. The predicted octanol–water partition coefficient (Wildman–Crippen LogP) is 1.86. The Morgan fingerprint density at radius 3 is 2.93 bits per heavy atom. The van der Waals surface area contributed by atoms with Crippen LogP contribution >= 0.6 is 27.7 Å². The molecule has 1 aliphatic carbocycles. The Kier molecular flexibility index (Phi) is 3.25. The number of rotatable bonds is 5. The Labute approximate surface area is 101 Å². The van der Waals surface area contributed by atoms with Gasteiger partial charge in [-0.25, -0.2) is 9.89 Å². The third kappa shape index (κ3) is 2.30. The maximum absolute atomic E-state index is 11.3. The van der Waals surface area contributed by atoms with Gasteiger partial charge in [-0.05, 0) is 25.2 Å². The summed E-state index contributed by atoms with van der Waals surface area (Å²) in [6.45, 7) is 2.64. The fraction of sp³-hybridized carbons (Fsp3) is 0.778. The van der Waals surface area contributed by atoms with Crippen LogP contribution in [0.15, 0.2) is 9.95 Å². The first-order chi connectivity index (χ1) is 7.21. The zero-order valence-electron chi connectivity index (χ0n) is 8.62. The van der Waals surface area contributed by atoms with Crippen molar-refractivity contribution in [2.24, 2.45) is 5.41 Å². The van der Waals surface area contributed by atoms with Gasteiger partial charge >= 0.3 is 5.69 Å². The lowest BCUT2D eigenvalue weighted by atomic mass is 10.2. The molecule has 0 bridgehead atoms. The minimum atomic E-state index is -0.108. The van der Waals surface area contributed by atoms with Crippen LogP contribution in [0, 0.1) is 5.41 Å². The molecule has 1 aromatic rings. The standard InChI is InChI=1S/C9H14BrN3OS/c1-2-13-7(14)11-12-8(13)15-6-9(5-10)3-4-9/h2-6H2,1H3,(H,11,14). The van der Waals surface area contributed by atoms with E-state index in [1.807, 2.05) is 6.92 Å². The minimum absolute atomic E-state index is 0.108. The Balaban J connectivity index is 2.02. The number of halogens is 1. The van der Waals surface area contributed by atoms with E-state index in [-0.39, 0.29) is 5.69 Å². The second-order valence-corrected chi connectivity index (χ2v) is 5.48. The fourth-order valence-corrected chi connectivity index (χ4v) is 3.73. The SMILES string of the molecule is CCn1c(SCC2(CBr)CC2)n[nH]c1=O. The molecule has 1 saturated carbocycles. The quantitative estimate of drug-likeness (QED) is 0.665. The molecule has 1 fully saturated rings. The van der Waals surface area contributed by atoms with E-state index in [4.69, 9.17) is 0 Å². The van der Waals surface area contributed by atoms with E-state index >= 15 is 0 Å². The van der Waals surface area contributed by atoms with Crippen molar-refractivity contribution in [3.63, 3.8) is 0 Å². The van der Waals surface area contributed by atoms with Crippen LogP contribution in [-0.4, -0.2) is 25.8 Å². The van der Waals surface area contributed by atoms with E-state index in [1.165, 1.54) is 12.8 Å². The number of hydrogen-bond acceptors (Lipinski definition) is 3. The average Bonchev–Trinajstić information content (AvgIpc) is 2.95. The van der Waals surface area contributed by atoms with Gasteiger partial charge in [-0.2, -0.15) is 0 Å². The van der Waals surface area contributed by atoms with Gasteiger partial charge in [0.25, 0.3) is 0 Å². The molecule has 1 N–H and O–H groups in total. The van der Waals surface area contributed by atoms with E-state index in [2.05, 4.69) is 26.1 Å². The summed E-state index contributed by atoms with van der Waals surface area (Å²) in [6, 6.07) is 0. The van der Waals surface area contributed by atoms with Crippen molar-refractivity contribution >= 4 is 27.7 Å². The summed E-state index contributed by atoms with van der Waals surface area (Å²) < 4.78 is 1.68. The number of alkyl halides is 1. The molecule has 1 heterocycles. The Morgan fingerprint density at radius 2 is 2.40 bits per heavy atom. The number of aromatic nitrogens is 3. The van der Waals surface area contributed by atoms with Crippen LogP contribution in [-0.2, 0) is 6.54 Å². The van der Waals surface area contributed by atoms with Gasteiger partial charge in [-0.15, -0.1) is 5.10 Å². The molecular weight excluding hydrogens is 278 g/mol. The van der Waals surface area contributed by atoms with Crippen molar-refractivity contribution in [2.75, 3.05) is 11.1 Å². The van der Waals surface area contributed by atoms with Crippen LogP contribution in [0.2, 0.25) is 0 Å². The lowest BCUT2D eigenvalue weighted by molar-refractivity contribution is 0.650. The molecule has 0 radical (unpaired) electrons. The molecule has 0 unspecified atom stereocenters. The molecule has 0 aromatic carbocycles. The van der Waals surface area contributed by atoms with Crippen molar-refractivity contribution in [2.45, 2.75) is 31.5 Å². The number of nitrogens with one attached hydrogen (secondary N) is 1. The highest BCUT2D eigenvalue weighted by molar-refractivity contribution is 9.09. The summed E-state index contributed by atoms with van der Waals surface area (Å²) in [5.41, 5.74) is 0.349. The second kappa shape index (κ2) is 4.33. The van der Waals surface area contributed by atoms with E-state index in [0.29, 0.717) is 12.0 Å². The molecule has 84 valence electrons. The van der Waals surface area contributed by atoms with Crippen molar-refractivity contribution in [1.29, 1.82) is 0 Å². The zero-order valence-corrected chi connectivity index (χ0v) is 11.0. The molecule has 0 aliphatic heterocycles. The molecule has 6 heteroatoms. The highest BCUT2D eigenvalue weighted by Crippen LogP contribution is 2.50. The van der Waals surface area contributed by atoms with Crippen molar-refractivity contribution in [3.8, 4) is 0 Å². The summed E-state index contributed by atoms with van der Waals surface area (Å²) in [7, 11) is 0. The number of H-pyrrole nitrogens is 1. The molecule has 15 heavy (non-hydrogen) atoms. The molecular formula is C9H14BrN3OS. The lowest BCUT2D eigenvalue weighted by Gasteiger charge is -2.09. The first kappa shape index (κ1) is 11.3. The summed E-state index contributed by atoms with van der Waals surface area (Å²) in [6.07, 6.45) is 2.57. The molecule has 2 rings (SSSR count). The fourth-order valence-electron chi connectivity index (χ4n) is 1.40. The van der Waals surface area contributed by atoms with Gasteiger partial charge in [0.05, 0.1) is 0 Å². The molecule has 0 spiro atoms. The number of nitrogens with zero attached hydrogens (tertiary/aromatic N) is 2. The maximum Gasteiger partial charge on any atom is 0.343 e.